The summed E-state index contributed by atoms with van der Waals surface area (Å²) in [6.07, 6.45) is 7.62. The van der Waals surface area contributed by atoms with Crippen molar-refractivity contribution >= 4 is 22.5 Å². The Balaban J connectivity index is 1.83. The first-order valence-electron chi connectivity index (χ1n) is 7.31. The van der Waals surface area contributed by atoms with E-state index in [0.717, 1.165) is 16.5 Å². The van der Waals surface area contributed by atoms with Gasteiger partial charge in [0.25, 0.3) is 0 Å². The van der Waals surface area contributed by atoms with Gasteiger partial charge >= 0.3 is 0 Å². The largest absolute Gasteiger partial charge is 0.342 e. The molecule has 1 aliphatic carbocycles. The van der Waals surface area contributed by atoms with Gasteiger partial charge in [-0.25, -0.2) is 4.98 Å². The Labute approximate surface area is 134 Å². The van der Waals surface area contributed by atoms with E-state index in [4.69, 9.17) is 21.1 Å². The standard InChI is InChI=1S/C17H17ClN2O2/c1-4-10-9-13(15-14(10)21-17(2,3)22-15)20-8-6-11-12(20)5-7-19-16(11)18/h4-9,13-15H,1H2,2-3H3/t13-,14-,15+/m1/s1. The topological polar surface area (TPSA) is 36.3 Å². The number of nitrogens with zero attached hydrogens (tertiary/aromatic N) is 2. The quantitative estimate of drug-likeness (QED) is 0.789. The number of aromatic nitrogens is 2. The molecule has 1 aliphatic heterocycles. The first kappa shape index (κ1) is 14.0. The zero-order valence-corrected chi connectivity index (χ0v) is 13.2. The predicted octanol–water partition coefficient (Wildman–Crippen LogP) is 3.88. The van der Waals surface area contributed by atoms with Crippen molar-refractivity contribution in [3.8, 4) is 0 Å². The van der Waals surface area contributed by atoms with Gasteiger partial charge < -0.3 is 14.0 Å². The third-order valence-corrected chi connectivity index (χ3v) is 4.61. The molecule has 0 unspecified atom stereocenters. The number of hydrogen-bond acceptors (Lipinski definition) is 3. The maximum absolute atomic E-state index is 6.18. The number of ether oxygens (including phenoxy) is 2. The average Bonchev–Trinajstić information content (AvgIpc) is 3.10. The first-order chi connectivity index (χ1) is 10.5. The van der Waals surface area contributed by atoms with Gasteiger partial charge in [0.15, 0.2) is 5.79 Å². The van der Waals surface area contributed by atoms with Crippen LogP contribution in [-0.4, -0.2) is 27.5 Å². The second kappa shape index (κ2) is 4.69. The van der Waals surface area contributed by atoms with Crippen LogP contribution in [0.1, 0.15) is 19.9 Å². The number of pyridine rings is 1. The molecule has 1 fully saturated rings. The maximum atomic E-state index is 6.18. The molecule has 0 radical (unpaired) electrons. The van der Waals surface area contributed by atoms with Crippen molar-refractivity contribution in [3.05, 3.63) is 54.0 Å². The minimum absolute atomic E-state index is 0.0516. The molecule has 0 bridgehead atoms. The zero-order chi connectivity index (χ0) is 15.5. The van der Waals surface area contributed by atoms with E-state index in [2.05, 4.69) is 22.2 Å². The van der Waals surface area contributed by atoms with E-state index in [1.54, 1.807) is 6.20 Å². The molecule has 1 saturated heterocycles. The zero-order valence-electron chi connectivity index (χ0n) is 12.5. The molecular formula is C17H17ClN2O2. The van der Waals surface area contributed by atoms with Crippen molar-refractivity contribution in [2.45, 2.75) is 37.9 Å². The lowest BCUT2D eigenvalue weighted by atomic mass is 10.1. The molecule has 0 amide bonds. The number of halogens is 1. The Morgan fingerprint density at radius 1 is 1.36 bits per heavy atom. The van der Waals surface area contributed by atoms with Crippen LogP contribution in [0, 0.1) is 0 Å². The third kappa shape index (κ3) is 1.95. The summed E-state index contributed by atoms with van der Waals surface area (Å²) < 4.78 is 14.3. The van der Waals surface area contributed by atoms with Gasteiger partial charge in [-0.05, 0) is 31.6 Å². The highest BCUT2D eigenvalue weighted by Crippen LogP contribution is 2.44. The van der Waals surface area contributed by atoms with Gasteiger partial charge in [-0.2, -0.15) is 0 Å². The Hall–Kier alpha value is -1.62. The van der Waals surface area contributed by atoms with Crippen LogP contribution in [0.5, 0.6) is 0 Å². The van der Waals surface area contributed by atoms with Crippen LogP contribution in [0.15, 0.2) is 48.8 Å². The Bertz CT molecular complexity index is 793. The second-order valence-corrected chi connectivity index (χ2v) is 6.50. The lowest BCUT2D eigenvalue weighted by Crippen LogP contribution is -2.27. The molecule has 5 heteroatoms. The van der Waals surface area contributed by atoms with E-state index < -0.39 is 5.79 Å². The fourth-order valence-electron chi connectivity index (χ4n) is 3.42. The summed E-state index contributed by atoms with van der Waals surface area (Å²) in [5.74, 6) is -0.585. The number of hydrogen-bond donors (Lipinski definition) is 0. The smallest absolute Gasteiger partial charge is 0.164 e. The summed E-state index contributed by atoms with van der Waals surface area (Å²) in [5, 5.41) is 1.46. The molecule has 22 heavy (non-hydrogen) atoms. The van der Waals surface area contributed by atoms with Crippen LogP contribution >= 0.6 is 11.6 Å². The van der Waals surface area contributed by atoms with Crippen molar-refractivity contribution < 1.29 is 9.47 Å². The molecule has 0 spiro atoms. The van der Waals surface area contributed by atoms with Gasteiger partial charge in [-0.15, -0.1) is 0 Å². The molecule has 2 aromatic rings. The molecule has 0 saturated carbocycles. The van der Waals surface area contributed by atoms with Gasteiger partial charge in [0.05, 0.1) is 11.6 Å². The second-order valence-electron chi connectivity index (χ2n) is 6.14. The molecule has 3 heterocycles. The van der Waals surface area contributed by atoms with Gasteiger partial charge in [-0.3, -0.25) is 0 Å². The fraction of sp³-hybridized carbons (Fsp3) is 0.353. The van der Waals surface area contributed by atoms with Gasteiger partial charge in [0, 0.05) is 17.8 Å². The van der Waals surface area contributed by atoms with Crippen LogP contribution in [0.25, 0.3) is 10.9 Å². The molecule has 0 N–H and O–H groups in total. The van der Waals surface area contributed by atoms with Crippen LogP contribution < -0.4 is 0 Å². The molecule has 2 aliphatic rings. The van der Waals surface area contributed by atoms with Crippen molar-refractivity contribution in [1.29, 1.82) is 0 Å². The molecule has 4 rings (SSSR count). The monoisotopic (exact) mass is 316 g/mol. The van der Waals surface area contributed by atoms with Gasteiger partial charge in [0.1, 0.15) is 17.4 Å². The van der Waals surface area contributed by atoms with Crippen molar-refractivity contribution in [1.82, 2.24) is 9.55 Å². The van der Waals surface area contributed by atoms with Crippen LogP contribution in [0.4, 0.5) is 0 Å². The summed E-state index contributed by atoms with van der Waals surface area (Å²) in [6, 6.07) is 4.01. The van der Waals surface area contributed by atoms with Crippen LogP contribution in [0.3, 0.4) is 0 Å². The van der Waals surface area contributed by atoms with Crippen LogP contribution in [0.2, 0.25) is 5.15 Å². The number of fused-ring (bicyclic) bond motifs is 2. The molecule has 0 aromatic carbocycles. The fourth-order valence-corrected chi connectivity index (χ4v) is 3.64. The van der Waals surface area contributed by atoms with Crippen molar-refractivity contribution in [3.63, 3.8) is 0 Å². The third-order valence-electron chi connectivity index (χ3n) is 4.31. The highest BCUT2D eigenvalue weighted by Gasteiger charge is 2.49. The highest BCUT2D eigenvalue weighted by molar-refractivity contribution is 6.34. The maximum Gasteiger partial charge on any atom is 0.164 e. The molecule has 4 nitrogen and oxygen atoms in total. The Morgan fingerprint density at radius 3 is 2.95 bits per heavy atom. The summed E-state index contributed by atoms with van der Waals surface area (Å²) in [6.45, 7) is 7.78. The van der Waals surface area contributed by atoms with E-state index in [-0.39, 0.29) is 18.2 Å². The first-order valence-corrected chi connectivity index (χ1v) is 7.69. The van der Waals surface area contributed by atoms with Crippen molar-refractivity contribution in [2.75, 3.05) is 0 Å². The minimum atomic E-state index is -0.585. The van der Waals surface area contributed by atoms with E-state index in [1.165, 1.54) is 0 Å². The van der Waals surface area contributed by atoms with Gasteiger partial charge in [-0.1, -0.05) is 30.3 Å². The molecule has 2 aromatic heterocycles. The average molecular weight is 317 g/mol. The molecule has 114 valence electrons. The Kier molecular flexibility index (Phi) is 2.98. The summed E-state index contributed by atoms with van der Waals surface area (Å²) in [4.78, 5) is 4.13. The summed E-state index contributed by atoms with van der Waals surface area (Å²) in [5.41, 5.74) is 2.11. The number of rotatable bonds is 2. The lowest BCUT2D eigenvalue weighted by Gasteiger charge is -2.22. The van der Waals surface area contributed by atoms with E-state index in [0.29, 0.717) is 5.15 Å². The van der Waals surface area contributed by atoms with E-state index >= 15 is 0 Å². The lowest BCUT2D eigenvalue weighted by molar-refractivity contribution is -0.147. The van der Waals surface area contributed by atoms with Gasteiger partial charge in [0.2, 0.25) is 0 Å². The Morgan fingerprint density at radius 2 is 2.18 bits per heavy atom. The predicted molar refractivity (Wildman–Crippen MR) is 85.9 cm³/mol. The SMILES string of the molecule is C=CC1=C[C@@H](n2ccc3c(Cl)nccc32)[C@@H]2OC(C)(C)O[C@H]12. The summed E-state index contributed by atoms with van der Waals surface area (Å²) >= 11 is 6.18. The van der Waals surface area contributed by atoms with Crippen molar-refractivity contribution in [2.24, 2.45) is 0 Å². The minimum Gasteiger partial charge on any atom is -0.342 e. The molecule has 3 atom stereocenters. The molecular weight excluding hydrogens is 300 g/mol. The summed E-state index contributed by atoms with van der Waals surface area (Å²) in [7, 11) is 0. The van der Waals surface area contributed by atoms with E-state index in [1.807, 2.05) is 38.3 Å². The normalized spacial score (nSPS) is 29.6. The van der Waals surface area contributed by atoms with Crippen LogP contribution in [-0.2, 0) is 9.47 Å². The van der Waals surface area contributed by atoms with E-state index in [9.17, 15) is 0 Å². The highest BCUT2D eigenvalue weighted by atomic mass is 35.5.